The predicted octanol–water partition coefficient (Wildman–Crippen LogP) is 4.25. The van der Waals surface area contributed by atoms with Crippen molar-refractivity contribution < 1.29 is 0 Å². The number of hydrogen-bond donors (Lipinski definition) is 2. The second-order valence-electron chi connectivity index (χ2n) is 6.24. The predicted molar refractivity (Wildman–Crippen MR) is 118 cm³/mol. The normalized spacial score (nSPS) is 15.7. The van der Waals surface area contributed by atoms with Crippen LogP contribution in [-0.4, -0.2) is 24.5 Å². The number of rotatable bonds is 5. The minimum Gasteiger partial charge on any atom is -0.356 e. The van der Waals surface area contributed by atoms with Gasteiger partial charge in [-0.1, -0.05) is 40.5 Å². The number of pyridine rings is 1. The lowest BCUT2D eigenvalue weighted by Crippen LogP contribution is -2.48. The van der Waals surface area contributed by atoms with E-state index in [1.165, 1.54) is 24.8 Å². The fourth-order valence-electron chi connectivity index (χ4n) is 3.13. The minimum atomic E-state index is 0. The summed E-state index contributed by atoms with van der Waals surface area (Å²) in [5, 5.41) is 6.83. The smallest absolute Gasteiger partial charge is 0.191 e. The maximum Gasteiger partial charge on any atom is 0.191 e. The third kappa shape index (κ3) is 5.17. The molecule has 4 nitrogen and oxygen atoms in total. The highest BCUT2D eigenvalue weighted by atomic mass is 127. The number of aliphatic imine (C=N–C) groups is 1. The number of nitrogens with zero attached hydrogens (tertiary/aromatic N) is 2. The van der Waals surface area contributed by atoms with Gasteiger partial charge >= 0.3 is 0 Å². The fraction of sp³-hybridized carbons (Fsp3) is 0.368. The SMILES string of the molecule is CN=C(NCc1ccccn1)NCC1(c2ccc(Br)cc2)CCC1.I. The monoisotopic (exact) mass is 514 g/mol. The minimum absolute atomic E-state index is 0. The Balaban J connectivity index is 0.00000225. The van der Waals surface area contributed by atoms with Crippen molar-refractivity contribution in [3.05, 3.63) is 64.4 Å². The van der Waals surface area contributed by atoms with Crippen molar-refractivity contribution in [3.8, 4) is 0 Å². The second-order valence-corrected chi connectivity index (χ2v) is 7.16. The van der Waals surface area contributed by atoms with E-state index in [2.05, 4.69) is 60.8 Å². The van der Waals surface area contributed by atoms with Gasteiger partial charge in [-0.2, -0.15) is 0 Å². The zero-order valence-electron chi connectivity index (χ0n) is 14.3. The van der Waals surface area contributed by atoms with Gasteiger partial charge in [0.1, 0.15) is 0 Å². The molecule has 134 valence electrons. The van der Waals surface area contributed by atoms with E-state index in [4.69, 9.17) is 0 Å². The molecule has 0 aliphatic heterocycles. The lowest BCUT2D eigenvalue weighted by atomic mass is 9.64. The van der Waals surface area contributed by atoms with Crippen molar-refractivity contribution in [1.29, 1.82) is 0 Å². The summed E-state index contributed by atoms with van der Waals surface area (Å²) in [5.41, 5.74) is 2.64. The van der Waals surface area contributed by atoms with Gasteiger partial charge in [0.25, 0.3) is 0 Å². The molecule has 0 radical (unpaired) electrons. The molecule has 25 heavy (non-hydrogen) atoms. The quantitative estimate of drug-likeness (QED) is 0.356. The summed E-state index contributed by atoms with van der Waals surface area (Å²) in [6.45, 7) is 1.57. The van der Waals surface area contributed by atoms with E-state index in [0.717, 1.165) is 22.7 Å². The molecule has 3 rings (SSSR count). The topological polar surface area (TPSA) is 49.3 Å². The molecule has 0 spiro atoms. The summed E-state index contributed by atoms with van der Waals surface area (Å²) in [5.74, 6) is 0.823. The number of aromatic nitrogens is 1. The van der Waals surface area contributed by atoms with Crippen molar-refractivity contribution in [2.24, 2.45) is 4.99 Å². The van der Waals surface area contributed by atoms with Gasteiger partial charge in [0.15, 0.2) is 5.96 Å². The van der Waals surface area contributed by atoms with E-state index in [0.29, 0.717) is 6.54 Å². The fourth-order valence-corrected chi connectivity index (χ4v) is 3.39. The molecule has 1 aliphatic carbocycles. The molecule has 0 amide bonds. The van der Waals surface area contributed by atoms with Gasteiger partial charge in [0.05, 0.1) is 12.2 Å². The van der Waals surface area contributed by atoms with Gasteiger partial charge < -0.3 is 10.6 Å². The molecule has 2 N–H and O–H groups in total. The molecular formula is C19H24BrIN4. The van der Waals surface area contributed by atoms with Crippen LogP contribution in [0.2, 0.25) is 0 Å². The maximum absolute atomic E-state index is 4.33. The summed E-state index contributed by atoms with van der Waals surface area (Å²) in [7, 11) is 1.81. The van der Waals surface area contributed by atoms with Crippen LogP contribution < -0.4 is 10.6 Å². The first-order chi connectivity index (χ1) is 11.7. The second kappa shape index (κ2) is 9.52. The highest BCUT2D eigenvalue weighted by Crippen LogP contribution is 2.43. The van der Waals surface area contributed by atoms with Crippen LogP contribution in [0.15, 0.2) is 58.1 Å². The first kappa shape index (κ1) is 20.2. The highest BCUT2D eigenvalue weighted by Gasteiger charge is 2.38. The Morgan fingerprint density at radius 3 is 2.48 bits per heavy atom. The van der Waals surface area contributed by atoms with Crippen LogP contribution in [0, 0.1) is 0 Å². The zero-order chi connectivity index (χ0) is 16.8. The molecule has 1 aliphatic rings. The van der Waals surface area contributed by atoms with E-state index >= 15 is 0 Å². The van der Waals surface area contributed by atoms with Crippen LogP contribution in [0.4, 0.5) is 0 Å². The summed E-state index contributed by atoms with van der Waals surface area (Å²) in [6.07, 6.45) is 5.54. The van der Waals surface area contributed by atoms with Crippen LogP contribution in [0.25, 0.3) is 0 Å². The molecule has 1 fully saturated rings. The molecule has 1 aromatic heterocycles. The van der Waals surface area contributed by atoms with Gasteiger partial charge in [-0.25, -0.2) is 0 Å². The molecule has 0 unspecified atom stereocenters. The van der Waals surface area contributed by atoms with Gasteiger partial charge in [0.2, 0.25) is 0 Å². The Hall–Kier alpha value is -1.15. The first-order valence-electron chi connectivity index (χ1n) is 8.32. The molecule has 0 bridgehead atoms. The Kier molecular flexibility index (Phi) is 7.68. The van der Waals surface area contributed by atoms with E-state index in [-0.39, 0.29) is 29.4 Å². The molecule has 6 heteroatoms. The van der Waals surface area contributed by atoms with Crippen LogP contribution in [0.5, 0.6) is 0 Å². The zero-order valence-corrected chi connectivity index (χ0v) is 18.3. The average Bonchev–Trinajstić information content (AvgIpc) is 2.59. The van der Waals surface area contributed by atoms with E-state index in [1.54, 1.807) is 7.05 Å². The summed E-state index contributed by atoms with van der Waals surface area (Å²) < 4.78 is 1.13. The molecule has 1 aromatic carbocycles. The standard InChI is InChI=1S/C19H23BrN4.HI/c1-21-18(23-13-17-5-2-3-12-22-17)24-14-19(10-4-11-19)15-6-8-16(20)9-7-15;/h2-3,5-9,12H,4,10-11,13-14H2,1H3,(H2,21,23,24);1H. The van der Waals surface area contributed by atoms with E-state index in [9.17, 15) is 0 Å². The third-order valence-corrected chi connectivity index (χ3v) is 5.28. The molecule has 0 saturated heterocycles. The molecule has 1 heterocycles. The molecular weight excluding hydrogens is 491 g/mol. The largest absolute Gasteiger partial charge is 0.356 e. The Labute approximate surface area is 175 Å². The number of nitrogens with one attached hydrogen (secondary N) is 2. The lowest BCUT2D eigenvalue weighted by molar-refractivity contribution is 0.244. The van der Waals surface area contributed by atoms with E-state index < -0.39 is 0 Å². The van der Waals surface area contributed by atoms with Crippen molar-refractivity contribution in [2.75, 3.05) is 13.6 Å². The van der Waals surface area contributed by atoms with Gasteiger partial charge in [-0.15, -0.1) is 24.0 Å². The van der Waals surface area contributed by atoms with Crippen LogP contribution in [0.3, 0.4) is 0 Å². The van der Waals surface area contributed by atoms with Crippen molar-refractivity contribution in [2.45, 2.75) is 31.2 Å². The van der Waals surface area contributed by atoms with Crippen LogP contribution in [-0.2, 0) is 12.0 Å². The van der Waals surface area contributed by atoms with Crippen LogP contribution in [0.1, 0.15) is 30.5 Å². The third-order valence-electron chi connectivity index (χ3n) is 4.75. The highest BCUT2D eigenvalue weighted by molar-refractivity contribution is 14.0. The van der Waals surface area contributed by atoms with Gasteiger partial charge in [-0.3, -0.25) is 9.98 Å². The molecule has 2 aromatic rings. The average molecular weight is 515 g/mol. The lowest BCUT2D eigenvalue weighted by Gasteiger charge is -2.43. The summed E-state index contributed by atoms with van der Waals surface area (Å²) >= 11 is 3.52. The van der Waals surface area contributed by atoms with Crippen molar-refractivity contribution >= 4 is 45.9 Å². The number of hydrogen-bond acceptors (Lipinski definition) is 2. The Morgan fingerprint density at radius 2 is 1.92 bits per heavy atom. The summed E-state index contributed by atoms with van der Waals surface area (Å²) in [6, 6.07) is 14.7. The number of guanidine groups is 1. The van der Waals surface area contributed by atoms with Gasteiger partial charge in [0, 0.05) is 29.7 Å². The van der Waals surface area contributed by atoms with Crippen LogP contribution >= 0.6 is 39.9 Å². The number of halogens is 2. The molecule has 0 atom stereocenters. The summed E-state index contributed by atoms with van der Waals surface area (Å²) in [4.78, 5) is 8.66. The van der Waals surface area contributed by atoms with Crippen molar-refractivity contribution in [1.82, 2.24) is 15.6 Å². The van der Waals surface area contributed by atoms with E-state index in [1.807, 2.05) is 24.4 Å². The Morgan fingerprint density at radius 1 is 1.16 bits per heavy atom. The molecule has 1 saturated carbocycles. The number of benzene rings is 1. The maximum atomic E-state index is 4.33. The van der Waals surface area contributed by atoms with Crippen molar-refractivity contribution in [3.63, 3.8) is 0 Å². The van der Waals surface area contributed by atoms with Gasteiger partial charge in [-0.05, 0) is 42.7 Å². The Bertz CT molecular complexity index is 684. The first-order valence-corrected chi connectivity index (χ1v) is 9.12.